The van der Waals surface area contributed by atoms with Crippen LogP contribution in [0.2, 0.25) is 0 Å². The molecule has 0 spiro atoms. The zero-order chi connectivity index (χ0) is 14.3. The number of hydrogen-bond donors (Lipinski definition) is 1. The van der Waals surface area contributed by atoms with Gasteiger partial charge >= 0.3 is 0 Å². The molecule has 0 radical (unpaired) electrons. The Morgan fingerprint density at radius 2 is 2.00 bits per heavy atom. The van der Waals surface area contributed by atoms with Crippen molar-refractivity contribution in [3.8, 4) is 0 Å². The number of hydrogen-bond acceptors (Lipinski definition) is 2. The highest BCUT2D eigenvalue weighted by Crippen LogP contribution is 2.26. The molecule has 0 aromatic carbocycles. The molecular formula is C16H32N2O. The Hall–Kier alpha value is -0.570. The molecule has 0 bridgehead atoms. The summed E-state index contributed by atoms with van der Waals surface area (Å²) in [4.78, 5) is 13.9. The molecule has 112 valence electrons. The predicted octanol–water partition coefficient (Wildman–Crippen LogP) is 3.19. The van der Waals surface area contributed by atoms with Gasteiger partial charge in [0, 0.05) is 19.6 Å². The summed E-state index contributed by atoms with van der Waals surface area (Å²) in [6, 6.07) is 0.490. The molecule has 1 N–H and O–H groups in total. The van der Waals surface area contributed by atoms with Gasteiger partial charge in [-0.1, -0.05) is 32.6 Å². The van der Waals surface area contributed by atoms with Crippen LogP contribution in [0, 0.1) is 5.92 Å². The number of amides is 1. The van der Waals surface area contributed by atoms with Gasteiger partial charge in [-0.3, -0.25) is 4.79 Å². The standard InChI is InChI=1S/C16H32N2O/c1-5-8-14-9-7-10-15(12-11-14)17-13(3)16(19)18(4)6-2/h13-15,17H,5-12H2,1-4H3. The summed E-state index contributed by atoms with van der Waals surface area (Å²) >= 11 is 0. The van der Waals surface area contributed by atoms with Gasteiger partial charge < -0.3 is 10.2 Å². The molecule has 0 aliphatic heterocycles. The fraction of sp³-hybridized carbons (Fsp3) is 0.938. The van der Waals surface area contributed by atoms with Crippen LogP contribution in [0.4, 0.5) is 0 Å². The molecule has 0 saturated heterocycles. The van der Waals surface area contributed by atoms with Crippen molar-refractivity contribution in [3.63, 3.8) is 0 Å². The van der Waals surface area contributed by atoms with E-state index in [9.17, 15) is 4.79 Å². The van der Waals surface area contributed by atoms with E-state index in [1.807, 2.05) is 20.9 Å². The van der Waals surface area contributed by atoms with Crippen LogP contribution in [0.25, 0.3) is 0 Å². The van der Waals surface area contributed by atoms with Gasteiger partial charge in [0.1, 0.15) is 0 Å². The third-order valence-electron chi connectivity index (χ3n) is 4.49. The number of nitrogens with one attached hydrogen (secondary N) is 1. The molecule has 1 amide bonds. The largest absolute Gasteiger partial charge is 0.345 e. The van der Waals surface area contributed by atoms with E-state index < -0.39 is 0 Å². The van der Waals surface area contributed by atoms with Crippen molar-refractivity contribution < 1.29 is 4.79 Å². The van der Waals surface area contributed by atoms with Crippen LogP contribution in [0.1, 0.15) is 65.7 Å². The second-order valence-electron chi connectivity index (χ2n) is 6.10. The van der Waals surface area contributed by atoms with Crippen molar-refractivity contribution in [1.82, 2.24) is 10.2 Å². The van der Waals surface area contributed by atoms with Gasteiger partial charge in [-0.25, -0.2) is 0 Å². The van der Waals surface area contributed by atoms with Gasteiger partial charge in [-0.15, -0.1) is 0 Å². The van der Waals surface area contributed by atoms with Gasteiger partial charge in [0.15, 0.2) is 0 Å². The van der Waals surface area contributed by atoms with Crippen LogP contribution in [0.3, 0.4) is 0 Å². The lowest BCUT2D eigenvalue weighted by molar-refractivity contribution is -0.131. The quantitative estimate of drug-likeness (QED) is 0.750. The van der Waals surface area contributed by atoms with E-state index in [-0.39, 0.29) is 11.9 Å². The maximum Gasteiger partial charge on any atom is 0.239 e. The van der Waals surface area contributed by atoms with Crippen molar-refractivity contribution in [2.45, 2.75) is 77.8 Å². The van der Waals surface area contributed by atoms with Crippen molar-refractivity contribution in [2.24, 2.45) is 5.92 Å². The molecule has 1 aliphatic rings. The minimum absolute atomic E-state index is 0.0438. The smallest absolute Gasteiger partial charge is 0.239 e. The van der Waals surface area contributed by atoms with Crippen LogP contribution in [0.5, 0.6) is 0 Å². The molecule has 3 heteroatoms. The Morgan fingerprint density at radius 1 is 1.26 bits per heavy atom. The molecule has 1 aliphatic carbocycles. The first kappa shape index (κ1) is 16.5. The molecule has 3 unspecified atom stereocenters. The summed E-state index contributed by atoms with van der Waals surface area (Å²) in [5.74, 6) is 1.14. The first-order valence-corrected chi connectivity index (χ1v) is 8.09. The maximum absolute atomic E-state index is 12.1. The molecule has 19 heavy (non-hydrogen) atoms. The van der Waals surface area contributed by atoms with E-state index >= 15 is 0 Å². The summed E-state index contributed by atoms with van der Waals surface area (Å²) in [6.07, 6.45) is 9.16. The lowest BCUT2D eigenvalue weighted by atomic mass is 9.95. The molecule has 0 heterocycles. The number of nitrogens with zero attached hydrogens (tertiary/aromatic N) is 1. The molecule has 1 saturated carbocycles. The van der Waals surface area contributed by atoms with E-state index in [0.717, 1.165) is 12.5 Å². The SMILES string of the molecule is CCCC1CCCC(NC(C)C(=O)N(C)CC)CC1. The average Bonchev–Trinajstić information content (AvgIpc) is 2.63. The van der Waals surface area contributed by atoms with Crippen molar-refractivity contribution in [2.75, 3.05) is 13.6 Å². The highest BCUT2D eigenvalue weighted by molar-refractivity contribution is 5.81. The number of carbonyl (C=O) groups excluding carboxylic acids is 1. The summed E-state index contributed by atoms with van der Waals surface area (Å²) in [6.45, 7) is 7.09. The molecule has 3 atom stereocenters. The highest BCUT2D eigenvalue weighted by Gasteiger charge is 2.23. The molecule has 3 nitrogen and oxygen atoms in total. The van der Waals surface area contributed by atoms with E-state index in [4.69, 9.17) is 0 Å². The third kappa shape index (κ3) is 5.52. The molecule has 0 aromatic rings. The van der Waals surface area contributed by atoms with Gasteiger partial charge in [0.05, 0.1) is 6.04 Å². The molecular weight excluding hydrogens is 236 g/mol. The van der Waals surface area contributed by atoms with Gasteiger partial charge in [-0.2, -0.15) is 0 Å². The van der Waals surface area contributed by atoms with E-state index in [2.05, 4.69) is 12.2 Å². The fourth-order valence-electron chi connectivity index (χ4n) is 3.15. The zero-order valence-electron chi connectivity index (χ0n) is 13.2. The minimum atomic E-state index is -0.0438. The fourth-order valence-corrected chi connectivity index (χ4v) is 3.15. The van der Waals surface area contributed by atoms with E-state index in [1.165, 1.54) is 44.9 Å². The Kier molecular flexibility index (Phi) is 7.44. The highest BCUT2D eigenvalue weighted by atomic mass is 16.2. The lowest BCUT2D eigenvalue weighted by Crippen LogP contribution is -2.47. The number of likely N-dealkylation sites (N-methyl/N-ethyl adjacent to an activating group) is 1. The monoisotopic (exact) mass is 268 g/mol. The lowest BCUT2D eigenvalue weighted by Gasteiger charge is -2.25. The van der Waals surface area contributed by atoms with Crippen molar-refractivity contribution in [1.29, 1.82) is 0 Å². The van der Waals surface area contributed by atoms with Gasteiger partial charge in [-0.05, 0) is 39.0 Å². The Labute approximate surface area is 119 Å². The second kappa shape index (κ2) is 8.57. The first-order valence-electron chi connectivity index (χ1n) is 8.09. The maximum atomic E-state index is 12.1. The molecule has 0 aromatic heterocycles. The first-order chi connectivity index (χ1) is 9.08. The van der Waals surface area contributed by atoms with Crippen LogP contribution < -0.4 is 5.32 Å². The number of rotatable bonds is 6. The van der Waals surface area contributed by atoms with Gasteiger partial charge in [0.25, 0.3) is 0 Å². The number of carbonyl (C=O) groups is 1. The van der Waals surface area contributed by atoms with Gasteiger partial charge in [0.2, 0.25) is 5.91 Å². The van der Waals surface area contributed by atoms with E-state index in [0.29, 0.717) is 6.04 Å². The summed E-state index contributed by atoms with van der Waals surface area (Å²) in [7, 11) is 1.88. The molecule has 1 fully saturated rings. The normalized spacial score (nSPS) is 25.7. The Morgan fingerprint density at radius 3 is 2.63 bits per heavy atom. The zero-order valence-corrected chi connectivity index (χ0v) is 13.2. The third-order valence-corrected chi connectivity index (χ3v) is 4.49. The van der Waals surface area contributed by atoms with Crippen LogP contribution >= 0.6 is 0 Å². The van der Waals surface area contributed by atoms with E-state index in [1.54, 1.807) is 4.90 Å². The second-order valence-corrected chi connectivity index (χ2v) is 6.10. The summed E-state index contributed by atoms with van der Waals surface area (Å²) in [5, 5.41) is 3.55. The van der Waals surface area contributed by atoms with Crippen LogP contribution in [-0.4, -0.2) is 36.5 Å². The summed E-state index contributed by atoms with van der Waals surface area (Å²) < 4.78 is 0. The minimum Gasteiger partial charge on any atom is -0.345 e. The Balaban J connectivity index is 2.38. The van der Waals surface area contributed by atoms with Crippen molar-refractivity contribution >= 4 is 5.91 Å². The topological polar surface area (TPSA) is 32.3 Å². The van der Waals surface area contributed by atoms with Crippen LogP contribution in [-0.2, 0) is 4.79 Å². The average molecular weight is 268 g/mol. The van der Waals surface area contributed by atoms with Crippen molar-refractivity contribution in [3.05, 3.63) is 0 Å². The predicted molar refractivity (Wildman–Crippen MR) is 81.2 cm³/mol. The summed E-state index contributed by atoms with van der Waals surface area (Å²) in [5.41, 5.74) is 0. The van der Waals surface area contributed by atoms with Crippen LogP contribution in [0.15, 0.2) is 0 Å². The molecule has 1 rings (SSSR count). The Bertz CT molecular complexity index is 267.